The van der Waals surface area contributed by atoms with E-state index in [0.29, 0.717) is 22.4 Å². The number of nitrogens with zero attached hydrogens (tertiary/aromatic N) is 1. The zero-order chi connectivity index (χ0) is 17.5. The lowest BCUT2D eigenvalue weighted by atomic mass is 10.2. The number of carbonyl (C=O) groups excluding carboxylic acids is 2. The van der Waals surface area contributed by atoms with E-state index in [-0.39, 0.29) is 5.69 Å². The van der Waals surface area contributed by atoms with Crippen LogP contribution >= 0.6 is 22.9 Å². The molecule has 6 nitrogen and oxygen atoms in total. The largest absolute Gasteiger partial charge is 0.451 e. The van der Waals surface area contributed by atoms with Crippen LogP contribution in [0.25, 0.3) is 0 Å². The molecule has 0 saturated carbocycles. The molecule has 0 aliphatic rings. The predicted octanol–water partition coefficient (Wildman–Crippen LogP) is 3.50. The van der Waals surface area contributed by atoms with Crippen LogP contribution in [0.15, 0.2) is 36.2 Å². The first-order chi connectivity index (χ1) is 11.5. The smallest absolute Gasteiger partial charge is 0.358 e. The molecular weight excluding hydrogens is 350 g/mol. The van der Waals surface area contributed by atoms with Crippen LogP contribution in [0.4, 0.5) is 10.8 Å². The molecule has 1 amide bonds. The fraction of sp³-hybridized carbons (Fsp3) is 0.188. The van der Waals surface area contributed by atoms with Gasteiger partial charge in [0.05, 0.1) is 0 Å². The van der Waals surface area contributed by atoms with Crippen molar-refractivity contribution in [2.24, 2.45) is 0 Å². The number of thiazole rings is 1. The molecule has 1 aromatic heterocycles. The molecule has 0 unspecified atom stereocenters. The zero-order valence-electron chi connectivity index (χ0n) is 13.0. The first kappa shape index (κ1) is 18.0. The van der Waals surface area contributed by atoms with Crippen molar-refractivity contribution in [1.82, 2.24) is 4.98 Å². The first-order valence-corrected chi connectivity index (χ1v) is 8.28. The van der Waals surface area contributed by atoms with Gasteiger partial charge in [0.2, 0.25) is 0 Å². The van der Waals surface area contributed by atoms with Crippen molar-refractivity contribution < 1.29 is 14.3 Å². The number of esters is 1. The second-order valence-electron chi connectivity index (χ2n) is 4.79. The minimum absolute atomic E-state index is 0.151. The van der Waals surface area contributed by atoms with Gasteiger partial charge in [-0.2, -0.15) is 0 Å². The second-order valence-corrected chi connectivity index (χ2v) is 6.09. The maximum atomic E-state index is 11.9. The minimum atomic E-state index is -0.657. The Morgan fingerprint density at radius 1 is 1.46 bits per heavy atom. The molecule has 8 heteroatoms. The Morgan fingerprint density at radius 2 is 2.25 bits per heavy atom. The Morgan fingerprint density at radius 3 is 3.00 bits per heavy atom. The van der Waals surface area contributed by atoms with Crippen LogP contribution in [-0.2, 0) is 9.53 Å². The molecule has 0 fully saturated rings. The summed E-state index contributed by atoms with van der Waals surface area (Å²) < 4.78 is 4.96. The Kier molecular flexibility index (Phi) is 6.34. The van der Waals surface area contributed by atoms with Gasteiger partial charge in [-0.25, -0.2) is 9.78 Å². The maximum absolute atomic E-state index is 11.9. The zero-order valence-corrected chi connectivity index (χ0v) is 14.5. The van der Waals surface area contributed by atoms with Gasteiger partial charge in [-0.15, -0.1) is 17.9 Å². The number of ether oxygens (including phenoxy) is 1. The van der Waals surface area contributed by atoms with Crippen LogP contribution in [0.3, 0.4) is 0 Å². The number of hydrogen-bond acceptors (Lipinski definition) is 6. The number of benzene rings is 1. The first-order valence-electron chi connectivity index (χ1n) is 7.03. The van der Waals surface area contributed by atoms with Crippen molar-refractivity contribution in [2.75, 3.05) is 23.8 Å². The van der Waals surface area contributed by atoms with Crippen LogP contribution in [0.1, 0.15) is 16.1 Å². The van der Waals surface area contributed by atoms with Crippen molar-refractivity contribution in [3.8, 4) is 0 Å². The molecule has 0 radical (unpaired) electrons. The third kappa shape index (κ3) is 5.07. The number of amides is 1. The van der Waals surface area contributed by atoms with Crippen molar-refractivity contribution in [2.45, 2.75) is 6.92 Å². The number of anilines is 2. The summed E-state index contributed by atoms with van der Waals surface area (Å²) in [5.74, 6) is -1.11. The van der Waals surface area contributed by atoms with Gasteiger partial charge in [0.15, 0.2) is 17.4 Å². The standard InChI is InChI=1S/C16H16ClN3O3S/c1-3-6-18-16-20-13(9-24-16)15(22)23-8-14(21)19-12-7-11(17)5-4-10(12)2/h3-5,7,9H,1,6,8H2,2H3,(H,18,20)(H,19,21). The van der Waals surface area contributed by atoms with Crippen molar-refractivity contribution >= 4 is 45.6 Å². The van der Waals surface area contributed by atoms with E-state index in [0.717, 1.165) is 5.56 Å². The molecule has 2 rings (SSSR count). The molecule has 24 heavy (non-hydrogen) atoms. The van der Waals surface area contributed by atoms with Crippen molar-refractivity contribution in [3.05, 3.63) is 52.5 Å². The van der Waals surface area contributed by atoms with Crippen LogP contribution in [0.2, 0.25) is 5.02 Å². The number of carbonyl (C=O) groups is 2. The lowest BCUT2D eigenvalue weighted by Gasteiger charge is -2.09. The lowest BCUT2D eigenvalue weighted by molar-refractivity contribution is -0.119. The fourth-order valence-electron chi connectivity index (χ4n) is 1.73. The lowest BCUT2D eigenvalue weighted by Crippen LogP contribution is -2.21. The number of halogens is 1. The fourth-order valence-corrected chi connectivity index (χ4v) is 2.59. The SMILES string of the molecule is C=CCNc1nc(C(=O)OCC(=O)Nc2cc(Cl)ccc2C)cs1. The summed E-state index contributed by atoms with van der Waals surface area (Å²) in [6, 6.07) is 5.15. The number of aryl methyl sites for hydroxylation is 1. The number of nitrogens with one attached hydrogen (secondary N) is 2. The molecule has 2 N–H and O–H groups in total. The summed E-state index contributed by atoms with van der Waals surface area (Å²) in [4.78, 5) is 27.8. The third-order valence-corrected chi connectivity index (χ3v) is 3.95. The summed E-state index contributed by atoms with van der Waals surface area (Å²) in [5.41, 5.74) is 1.59. The Balaban J connectivity index is 1.86. The monoisotopic (exact) mass is 365 g/mol. The van der Waals surface area contributed by atoms with E-state index in [4.69, 9.17) is 16.3 Å². The van der Waals surface area contributed by atoms with Gasteiger partial charge >= 0.3 is 5.97 Å². The molecule has 0 saturated heterocycles. The highest BCUT2D eigenvalue weighted by atomic mass is 35.5. The molecular formula is C16H16ClN3O3S. The highest BCUT2D eigenvalue weighted by Gasteiger charge is 2.14. The van der Waals surface area contributed by atoms with Crippen molar-refractivity contribution in [3.63, 3.8) is 0 Å². The van der Waals surface area contributed by atoms with E-state index in [1.807, 2.05) is 6.92 Å². The van der Waals surface area contributed by atoms with Gasteiger partial charge in [0, 0.05) is 22.6 Å². The highest BCUT2D eigenvalue weighted by Crippen LogP contribution is 2.20. The van der Waals surface area contributed by atoms with Gasteiger partial charge in [0.25, 0.3) is 5.91 Å². The topological polar surface area (TPSA) is 80.3 Å². The van der Waals surface area contributed by atoms with E-state index in [1.54, 1.807) is 29.7 Å². The summed E-state index contributed by atoms with van der Waals surface area (Å²) in [6.07, 6.45) is 1.68. The van der Waals surface area contributed by atoms with Crippen LogP contribution in [-0.4, -0.2) is 30.0 Å². The molecule has 0 aliphatic heterocycles. The molecule has 1 aromatic carbocycles. The van der Waals surface area contributed by atoms with Gasteiger partial charge in [-0.1, -0.05) is 23.7 Å². The second kappa shape index (κ2) is 8.47. The van der Waals surface area contributed by atoms with Gasteiger partial charge < -0.3 is 15.4 Å². The average Bonchev–Trinajstić information content (AvgIpc) is 3.03. The van der Waals surface area contributed by atoms with Crippen LogP contribution in [0.5, 0.6) is 0 Å². The molecule has 2 aromatic rings. The van der Waals surface area contributed by atoms with E-state index >= 15 is 0 Å². The van der Waals surface area contributed by atoms with Gasteiger partial charge in [-0.3, -0.25) is 4.79 Å². The highest BCUT2D eigenvalue weighted by molar-refractivity contribution is 7.13. The average molecular weight is 366 g/mol. The normalized spacial score (nSPS) is 10.1. The van der Waals surface area contributed by atoms with Gasteiger partial charge in [-0.05, 0) is 24.6 Å². The molecule has 1 heterocycles. The molecule has 0 bridgehead atoms. The summed E-state index contributed by atoms with van der Waals surface area (Å²) in [5, 5.41) is 8.27. The number of aromatic nitrogens is 1. The molecule has 0 atom stereocenters. The van der Waals surface area contributed by atoms with Gasteiger partial charge in [0.1, 0.15) is 0 Å². The maximum Gasteiger partial charge on any atom is 0.358 e. The van der Waals surface area contributed by atoms with E-state index in [2.05, 4.69) is 22.2 Å². The van der Waals surface area contributed by atoms with Crippen molar-refractivity contribution in [1.29, 1.82) is 0 Å². The Bertz CT molecular complexity index is 761. The molecule has 126 valence electrons. The Hall–Kier alpha value is -2.38. The predicted molar refractivity (Wildman–Crippen MR) is 95.9 cm³/mol. The number of rotatable bonds is 7. The summed E-state index contributed by atoms with van der Waals surface area (Å²) >= 11 is 7.16. The third-order valence-electron chi connectivity index (χ3n) is 2.92. The summed E-state index contributed by atoms with van der Waals surface area (Å²) in [6.45, 7) is 5.56. The molecule has 0 aliphatic carbocycles. The van der Waals surface area contributed by atoms with Crippen LogP contribution in [0, 0.1) is 6.92 Å². The quantitative estimate of drug-likeness (QED) is 0.579. The number of hydrogen-bond donors (Lipinski definition) is 2. The van der Waals surface area contributed by atoms with Crippen LogP contribution < -0.4 is 10.6 Å². The van der Waals surface area contributed by atoms with E-state index in [9.17, 15) is 9.59 Å². The molecule has 0 spiro atoms. The Labute approximate surface area is 148 Å². The van der Waals surface area contributed by atoms with E-state index < -0.39 is 18.5 Å². The summed E-state index contributed by atoms with van der Waals surface area (Å²) in [7, 11) is 0. The van der Waals surface area contributed by atoms with E-state index in [1.165, 1.54) is 11.3 Å². The minimum Gasteiger partial charge on any atom is -0.451 e.